The van der Waals surface area contributed by atoms with Gasteiger partial charge in [-0.15, -0.1) is 0 Å². The highest BCUT2D eigenvalue weighted by Crippen LogP contribution is 2.20. The summed E-state index contributed by atoms with van der Waals surface area (Å²) in [6, 6.07) is 15.1. The van der Waals surface area contributed by atoms with Crippen LogP contribution in [0, 0.1) is 0 Å². The van der Waals surface area contributed by atoms with Gasteiger partial charge in [-0.3, -0.25) is 4.79 Å². The Kier molecular flexibility index (Phi) is 6.09. The van der Waals surface area contributed by atoms with Gasteiger partial charge in [0.25, 0.3) is 5.91 Å². The number of hydrogen-bond donors (Lipinski definition) is 1. The maximum atomic E-state index is 12.5. The van der Waals surface area contributed by atoms with E-state index in [2.05, 4.69) is 10.2 Å². The molecule has 2 saturated heterocycles. The third-order valence-electron chi connectivity index (χ3n) is 5.08. The molecule has 0 saturated carbocycles. The number of benzene rings is 2. The van der Waals surface area contributed by atoms with Crippen LogP contribution in [0.5, 0.6) is 5.75 Å². The van der Waals surface area contributed by atoms with Gasteiger partial charge in [0.05, 0.1) is 19.3 Å². The summed E-state index contributed by atoms with van der Waals surface area (Å²) in [4.78, 5) is 14.8. The van der Waals surface area contributed by atoms with Crippen LogP contribution in [0.1, 0.15) is 23.2 Å². The zero-order valence-corrected chi connectivity index (χ0v) is 15.9. The summed E-state index contributed by atoms with van der Waals surface area (Å²) in [5, 5.41) is 2.94. The van der Waals surface area contributed by atoms with Gasteiger partial charge in [-0.1, -0.05) is 0 Å². The fraction of sp³-hybridized carbons (Fsp3) is 0.409. The first-order valence-electron chi connectivity index (χ1n) is 9.86. The van der Waals surface area contributed by atoms with Crippen LogP contribution in [0.25, 0.3) is 0 Å². The summed E-state index contributed by atoms with van der Waals surface area (Å²) in [5.74, 6) is 0.617. The summed E-state index contributed by atoms with van der Waals surface area (Å²) in [6.07, 6.45) is 2.33. The number of ether oxygens (including phenoxy) is 3. The average molecular weight is 382 g/mol. The lowest BCUT2D eigenvalue weighted by Gasteiger charge is -2.28. The monoisotopic (exact) mass is 382 g/mol. The Morgan fingerprint density at radius 3 is 2.46 bits per heavy atom. The second-order valence-electron chi connectivity index (χ2n) is 7.07. The SMILES string of the molecule is O=C(Nc1ccc(N2CCOCC2)cc1)c1ccc(OCC2CCCO2)cc1. The molecule has 0 spiro atoms. The number of morpholine rings is 1. The van der Waals surface area contributed by atoms with Crippen molar-refractivity contribution in [3.8, 4) is 5.75 Å². The number of nitrogens with one attached hydrogen (secondary N) is 1. The van der Waals surface area contributed by atoms with Gasteiger partial charge in [-0.25, -0.2) is 0 Å². The lowest BCUT2D eigenvalue weighted by Crippen LogP contribution is -2.36. The Bertz CT molecular complexity index is 764. The fourth-order valence-corrected chi connectivity index (χ4v) is 3.45. The van der Waals surface area contributed by atoms with Crippen molar-refractivity contribution in [2.24, 2.45) is 0 Å². The minimum atomic E-state index is -0.134. The Morgan fingerprint density at radius 1 is 1.04 bits per heavy atom. The molecule has 0 aromatic heterocycles. The Balaban J connectivity index is 1.30. The molecule has 0 aliphatic carbocycles. The number of carbonyl (C=O) groups is 1. The first-order chi connectivity index (χ1) is 13.8. The molecule has 4 rings (SSSR count). The number of anilines is 2. The number of carbonyl (C=O) groups excluding carboxylic acids is 1. The molecule has 2 aliphatic heterocycles. The second-order valence-corrected chi connectivity index (χ2v) is 7.07. The minimum Gasteiger partial charge on any atom is -0.491 e. The molecular weight excluding hydrogens is 356 g/mol. The van der Waals surface area contributed by atoms with Crippen LogP contribution in [0.15, 0.2) is 48.5 Å². The van der Waals surface area contributed by atoms with Crippen molar-refractivity contribution < 1.29 is 19.0 Å². The van der Waals surface area contributed by atoms with Gasteiger partial charge in [0, 0.05) is 36.6 Å². The predicted molar refractivity (Wildman–Crippen MR) is 108 cm³/mol. The summed E-state index contributed by atoms with van der Waals surface area (Å²) in [6.45, 7) is 4.68. The fourth-order valence-electron chi connectivity index (χ4n) is 3.45. The van der Waals surface area contributed by atoms with Crippen LogP contribution in [-0.4, -0.2) is 51.5 Å². The minimum absolute atomic E-state index is 0.134. The molecule has 28 heavy (non-hydrogen) atoms. The van der Waals surface area contributed by atoms with E-state index in [-0.39, 0.29) is 12.0 Å². The van der Waals surface area contributed by atoms with E-state index in [0.29, 0.717) is 12.2 Å². The van der Waals surface area contributed by atoms with Gasteiger partial charge in [0.15, 0.2) is 0 Å². The van der Waals surface area contributed by atoms with Crippen molar-refractivity contribution in [3.05, 3.63) is 54.1 Å². The van der Waals surface area contributed by atoms with Crippen molar-refractivity contribution in [3.63, 3.8) is 0 Å². The molecule has 2 heterocycles. The normalized spacial score (nSPS) is 19.4. The molecule has 0 radical (unpaired) electrons. The lowest BCUT2D eigenvalue weighted by molar-refractivity contribution is 0.0679. The predicted octanol–water partition coefficient (Wildman–Crippen LogP) is 3.33. The molecule has 2 aliphatic rings. The van der Waals surface area contributed by atoms with E-state index in [0.717, 1.165) is 62.9 Å². The molecule has 1 atom stereocenters. The summed E-state index contributed by atoms with van der Waals surface area (Å²) in [7, 11) is 0. The molecule has 1 unspecified atom stereocenters. The maximum Gasteiger partial charge on any atom is 0.255 e. The molecular formula is C22H26N2O4. The third-order valence-corrected chi connectivity index (χ3v) is 5.08. The topological polar surface area (TPSA) is 60.0 Å². The summed E-state index contributed by atoms with van der Waals surface area (Å²) >= 11 is 0. The highest BCUT2D eigenvalue weighted by molar-refractivity contribution is 6.04. The van der Waals surface area contributed by atoms with Gasteiger partial charge in [0.1, 0.15) is 12.4 Å². The Morgan fingerprint density at radius 2 is 1.79 bits per heavy atom. The lowest BCUT2D eigenvalue weighted by atomic mass is 10.2. The van der Waals surface area contributed by atoms with Crippen LogP contribution in [0.3, 0.4) is 0 Å². The zero-order valence-electron chi connectivity index (χ0n) is 15.9. The molecule has 2 fully saturated rings. The van der Waals surface area contributed by atoms with Crippen molar-refractivity contribution in [2.45, 2.75) is 18.9 Å². The molecule has 1 N–H and O–H groups in total. The molecule has 0 bridgehead atoms. The van der Waals surface area contributed by atoms with Gasteiger partial charge in [-0.05, 0) is 61.4 Å². The molecule has 148 valence electrons. The van der Waals surface area contributed by atoms with Gasteiger partial charge >= 0.3 is 0 Å². The van der Waals surface area contributed by atoms with Gasteiger partial charge < -0.3 is 24.4 Å². The number of amides is 1. The third kappa shape index (κ3) is 4.82. The second kappa shape index (κ2) is 9.08. The molecule has 6 heteroatoms. The van der Waals surface area contributed by atoms with Crippen LogP contribution in [0.2, 0.25) is 0 Å². The van der Waals surface area contributed by atoms with Crippen molar-refractivity contribution >= 4 is 17.3 Å². The van der Waals surface area contributed by atoms with Crippen molar-refractivity contribution in [1.82, 2.24) is 0 Å². The van der Waals surface area contributed by atoms with Crippen LogP contribution >= 0.6 is 0 Å². The number of hydrogen-bond acceptors (Lipinski definition) is 5. The van der Waals surface area contributed by atoms with E-state index < -0.39 is 0 Å². The Labute approximate surface area is 165 Å². The van der Waals surface area contributed by atoms with Gasteiger partial charge in [-0.2, -0.15) is 0 Å². The van der Waals surface area contributed by atoms with Crippen molar-refractivity contribution in [1.29, 1.82) is 0 Å². The quantitative estimate of drug-likeness (QED) is 0.830. The largest absolute Gasteiger partial charge is 0.491 e. The maximum absolute atomic E-state index is 12.5. The van der Waals surface area contributed by atoms with Crippen LogP contribution in [-0.2, 0) is 9.47 Å². The highest BCUT2D eigenvalue weighted by atomic mass is 16.5. The zero-order chi connectivity index (χ0) is 19.2. The van der Waals surface area contributed by atoms with E-state index in [4.69, 9.17) is 14.2 Å². The summed E-state index contributed by atoms with van der Waals surface area (Å²) in [5.41, 5.74) is 2.52. The average Bonchev–Trinajstić information content (AvgIpc) is 3.27. The van der Waals surface area contributed by atoms with E-state index in [1.807, 2.05) is 36.4 Å². The molecule has 2 aromatic rings. The first-order valence-corrected chi connectivity index (χ1v) is 9.86. The number of nitrogens with zero attached hydrogens (tertiary/aromatic N) is 1. The highest BCUT2D eigenvalue weighted by Gasteiger charge is 2.16. The summed E-state index contributed by atoms with van der Waals surface area (Å²) < 4.78 is 16.7. The van der Waals surface area contributed by atoms with E-state index in [1.54, 1.807) is 12.1 Å². The molecule has 1 amide bonds. The molecule has 6 nitrogen and oxygen atoms in total. The van der Waals surface area contributed by atoms with Crippen LogP contribution in [0.4, 0.5) is 11.4 Å². The van der Waals surface area contributed by atoms with Crippen molar-refractivity contribution in [2.75, 3.05) is 49.7 Å². The van der Waals surface area contributed by atoms with Gasteiger partial charge in [0.2, 0.25) is 0 Å². The standard InChI is InChI=1S/C22H26N2O4/c25-22(17-3-9-20(10-4-17)28-16-21-2-1-13-27-21)23-18-5-7-19(8-6-18)24-11-14-26-15-12-24/h3-10,21H,1-2,11-16H2,(H,23,25). The van der Waals surface area contributed by atoms with E-state index >= 15 is 0 Å². The molecule has 2 aromatic carbocycles. The Hall–Kier alpha value is -2.57. The van der Waals surface area contributed by atoms with E-state index in [9.17, 15) is 4.79 Å². The smallest absolute Gasteiger partial charge is 0.255 e. The van der Waals surface area contributed by atoms with E-state index in [1.165, 1.54) is 0 Å². The number of rotatable bonds is 6. The first kappa shape index (κ1) is 18.8. The van der Waals surface area contributed by atoms with Crippen LogP contribution < -0.4 is 15.0 Å².